The van der Waals surface area contributed by atoms with Gasteiger partial charge in [-0.3, -0.25) is 14.9 Å². The molecule has 10 heteroatoms. The summed E-state index contributed by atoms with van der Waals surface area (Å²) in [5, 5.41) is 13.4. The van der Waals surface area contributed by atoms with Crippen molar-refractivity contribution in [2.24, 2.45) is 5.92 Å². The quantitative estimate of drug-likeness (QED) is 0.287. The van der Waals surface area contributed by atoms with E-state index in [1.54, 1.807) is 44.2 Å². The first-order chi connectivity index (χ1) is 13.2. The number of nitrogens with one attached hydrogen (secondary N) is 1. The molecule has 0 aromatic heterocycles. The number of carbonyl (C=O) groups is 1. The van der Waals surface area contributed by atoms with Crippen molar-refractivity contribution < 1.29 is 28.1 Å². The van der Waals surface area contributed by atoms with E-state index in [4.69, 9.17) is 13.8 Å². The van der Waals surface area contributed by atoms with Crippen LogP contribution >= 0.6 is 7.75 Å². The van der Waals surface area contributed by atoms with Gasteiger partial charge in [-0.05, 0) is 30.2 Å². The third kappa shape index (κ3) is 5.80. The first kappa shape index (κ1) is 21.4. The Hall–Kier alpha value is -2.90. The number of rotatable bonds is 9. The SMILES string of the molecule is COC(=O)[C@@H](NP(=O)(Oc1ccccc1)Oc1ccc([N+](=O)[O-])cc1)C(C)C. The molecule has 0 aliphatic rings. The number of hydrogen-bond acceptors (Lipinski definition) is 7. The van der Waals surface area contributed by atoms with E-state index in [2.05, 4.69) is 5.09 Å². The van der Waals surface area contributed by atoms with Gasteiger partial charge in [-0.25, -0.2) is 4.57 Å². The maximum absolute atomic E-state index is 13.4. The van der Waals surface area contributed by atoms with Gasteiger partial charge in [0.25, 0.3) is 5.69 Å². The summed E-state index contributed by atoms with van der Waals surface area (Å²) in [5.74, 6) is -0.572. The lowest BCUT2D eigenvalue weighted by molar-refractivity contribution is -0.384. The van der Waals surface area contributed by atoms with Gasteiger partial charge >= 0.3 is 13.7 Å². The normalized spacial score (nSPS) is 14.0. The second-order valence-electron chi connectivity index (χ2n) is 6.12. The maximum atomic E-state index is 13.4. The Balaban J connectivity index is 2.33. The van der Waals surface area contributed by atoms with Crippen LogP contribution in [0.2, 0.25) is 0 Å². The van der Waals surface area contributed by atoms with Crippen LogP contribution in [0.1, 0.15) is 13.8 Å². The number of benzene rings is 2. The summed E-state index contributed by atoms with van der Waals surface area (Å²) < 4.78 is 29.2. The zero-order valence-electron chi connectivity index (χ0n) is 15.6. The molecule has 1 N–H and O–H groups in total. The number of para-hydroxylation sites is 1. The van der Waals surface area contributed by atoms with Gasteiger partial charge in [0.1, 0.15) is 17.5 Å². The van der Waals surface area contributed by atoms with Crippen molar-refractivity contribution in [1.82, 2.24) is 5.09 Å². The summed E-state index contributed by atoms with van der Waals surface area (Å²) in [6, 6.07) is 12.3. The van der Waals surface area contributed by atoms with Crippen molar-refractivity contribution >= 4 is 19.4 Å². The first-order valence-corrected chi connectivity index (χ1v) is 9.92. The van der Waals surface area contributed by atoms with Crippen molar-refractivity contribution in [2.45, 2.75) is 19.9 Å². The Kier molecular flexibility index (Phi) is 7.14. The molecule has 0 heterocycles. The fourth-order valence-corrected chi connectivity index (χ4v) is 3.92. The zero-order valence-corrected chi connectivity index (χ0v) is 16.5. The molecule has 0 spiro atoms. The highest BCUT2D eigenvalue weighted by atomic mass is 31.2. The van der Waals surface area contributed by atoms with E-state index >= 15 is 0 Å². The Morgan fingerprint density at radius 2 is 1.57 bits per heavy atom. The molecule has 0 bridgehead atoms. The average Bonchev–Trinajstić information content (AvgIpc) is 2.66. The van der Waals surface area contributed by atoms with E-state index < -0.39 is 24.7 Å². The van der Waals surface area contributed by atoms with Crippen LogP contribution in [0.25, 0.3) is 0 Å². The van der Waals surface area contributed by atoms with E-state index in [0.29, 0.717) is 0 Å². The molecule has 0 radical (unpaired) electrons. The number of nitro groups is 1. The number of non-ortho nitro benzene ring substituents is 1. The molecule has 0 fully saturated rings. The van der Waals surface area contributed by atoms with Gasteiger partial charge in [0.05, 0.1) is 12.0 Å². The molecule has 0 saturated carbocycles. The van der Waals surface area contributed by atoms with Gasteiger partial charge in [0.15, 0.2) is 0 Å². The van der Waals surface area contributed by atoms with E-state index in [1.807, 2.05) is 0 Å². The lowest BCUT2D eigenvalue weighted by Crippen LogP contribution is -2.41. The monoisotopic (exact) mass is 408 g/mol. The van der Waals surface area contributed by atoms with Crippen LogP contribution in [0.3, 0.4) is 0 Å². The Morgan fingerprint density at radius 3 is 2.04 bits per heavy atom. The average molecular weight is 408 g/mol. The van der Waals surface area contributed by atoms with Gasteiger partial charge in [-0.15, -0.1) is 0 Å². The molecule has 0 saturated heterocycles. The van der Waals surface area contributed by atoms with Crippen LogP contribution in [-0.4, -0.2) is 24.0 Å². The number of nitro benzene ring substituents is 1. The fourth-order valence-electron chi connectivity index (χ4n) is 2.23. The van der Waals surface area contributed by atoms with Crippen molar-refractivity contribution in [1.29, 1.82) is 0 Å². The Labute approximate surface area is 162 Å². The highest BCUT2D eigenvalue weighted by molar-refractivity contribution is 7.52. The molecule has 2 rings (SSSR count). The highest BCUT2D eigenvalue weighted by Crippen LogP contribution is 2.46. The molecule has 9 nitrogen and oxygen atoms in total. The van der Waals surface area contributed by atoms with Crippen molar-refractivity contribution in [3.8, 4) is 11.5 Å². The molecular formula is C18H21N2O7P. The molecule has 150 valence electrons. The lowest BCUT2D eigenvalue weighted by Gasteiger charge is -2.26. The number of methoxy groups -OCH3 is 1. The molecule has 1 unspecified atom stereocenters. The molecule has 2 aromatic rings. The van der Waals surface area contributed by atoms with Gasteiger partial charge in [0, 0.05) is 12.1 Å². The number of hydrogen-bond donors (Lipinski definition) is 1. The molecule has 2 aromatic carbocycles. The maximum Gasteiger partial charge on any atom is 0.513 e. The predicted octanol–water partition coefficient (Wildman–Crippen LogP) is 3.95. The predicted molar refractivity (Wildman–Crippen MR) is 102 cm³/mol. The summed E-state index contributed by atoms with van der Waals surface area (Å²) in [7, 11) is -2.88. The van der Waals surface area contributed by atoms with E-state index in [9.17, 15) is 19.5 Å². The van der Waals surface area contributed by atoms with Crippen LogP contribution in [0.4, 0.5) is 5.69 Å². The molecule has 28 heavy (non-hydrogen) atoms. The summed E-state index contributed by atoms with van der Waals surface area (Å²) in [5.41, 5.74) is -0.145. The van der Waals surface area contributed by atoms with Crippen LogP contribution in [0, 0.1) is 16.0 Å². The van der Waals surface area contributed by atoms with E-state index in [1.165, 1.54) is 31.4 Å². The Bertz CT molecular complexity index is 856. The van der Waals surface area contributed by atoms with Gasteiger partial charge in [-0.1, -0.05) is 32.0 Å². The van der Waals surface area contributed by atoms with E-state index in [0.717, 1.165) is 0 Å². The third-order valence-electron chi connectivity index (χ3n) is 3.66. The first-order valence-electron chi connectivity index (χ1n) is 8.38. The van der Waals surface area contributed by atoms with Crippen molar-refractivity contribution in [2.75, 3.05) is 7.11 Å². The smallest absolute Gasteiger partial charge is 0.468 e. The second kappa shape index (κ2) is 9.34. The minimum atomic E-state index is -4.10. The fraction of sp³-hybridized carbons (Fsp3) is 0.278. The summed E-state index contributed by atoms with van der Waals surface area (Å²) >= 11 is 0. The minimum absolute atomic E-state index is 0.0738. The topological polar surface area (TPSA) is 117 Å². The van der Waals surface area contributed by atoms with Crippen LogP contribution in [0.15, 0.2) is 54.6 Å². The summed E-state index contributed by atoms with van der Waals surface area (Å²) in [6.07, 6.45) is 0. The Morgan fingerprint density at radius 1 is 1.04 bits per heavy atom. The third-order valence-corrected chi connectivity index (χ3v) is 5.16. The number of nitrogens with zero attached hydrogens (tertiary/aromatic N) is 1. The van der Waals surface area contributed by atoms with Crippen LogP contribution in [0.5, 0.6) is 11.5 Å². The molecular weight excluding hydrogens is 387 g/mol. The number of carbonyl (C=O) groups excluding carboxylic acids is 1. The second-order valence-corrected chi connectivity index (χ2v) is 7.74. The largest absolute Gasteiger partial charge is 0.513 e. The molecule has 0 aliphatic carbocycles. The zero-order chi connectivity index (χ0) is 20.7. The van der Waals surface area contributed by atoms with Gasteiger partial charge in [0.2, 0.25) is 0 Å². The molecule has 0 amide bonds. The van der Waals surface area contributed by atoms with Gasteiger partial charge < -0.3 is 13.8 Å². The highest BCUT2D eigenvalue weighted by Gasteiger charge is 2.37. The lowest BCUT2D eigenvalue weighted by atomic mass is 10.1. The molecule has 0 aliphatic heterocycles. The molecule has 2 atom stereocenters. The van der Waals surface area contributed by atoms with Crippen LogP contribution < -0.4 is 14.1 Å². The minimum Gasteiger partial charge on any atom is -0.468 e. The van der Waals surface area contributed by atoms with Crippen LogP contribution in [-0.2, 0) is 14.1 Å². The standard InChI is InChI=1S/C18H21N2O7P/c1-13(2)17(18(21)25-3)19-28(24,26-15-7-5-4-6-8-15)27-16-11-9-14(10-12-16)20(22)23/h4-13,17H,1-3H3,(H,19,24)/t17-,28?/m0/s1. The van der Waals surface area contributed by atoms with Crippen molar-refractivity contribution in [3.05, 3.63) is 64.7 Å². The summed E-state index contributed by atoms with van der Waals surface area (Å²) in [6.45, 7) is 3.49. The van der Waals surface area contributed by atoms with Gasteiger partial charge in [-0.2, -0.15) is 5.09 Å². The number of esters is 1. The summed E-state index contributed by atoms with van der Waals surface area (Å²) in [4.78, 5) is 22.3. The van der Waals surface area contributed by atoms with E-state index in [-0.39, 0.29) is 23.1 Å². The number of ether oxygens (including phenoxy) is 1. The van der Waals surface area contributed by atoms with Crippen molar-refractivity contribution in [3.63, 3.8) is 0 Å².